The van der Waals surface area contributed by atoms with Crippen LogP contribution in [0.3, 0.4) is 0 Å². The molecule has 0 heterocycles. The Hall–Kier alpha value is -1.92. The molecular weight excluding hydrogens is 291 g/mol. The van der Waals surface area contributed by atoms with E-state index < -0.39 is 15.8 Å². The van der Waals surface area contributed by atoms with Crippen LogP contribution in [0.2, 0.25) is 0 Å². The van der Waals surface area contributed by atoms with Crippen LogP contribution in [-0.2, 0) is 16.6 Å². The van der Waals surface area contributed by atoms with Crippen molar-refractivity contribution in [2.75, 3.05) is 12.8 Å². The molecule has 0 fully saturated rings. The number of rotatable bonds is 4. The Kier molecular flexibility index (Phi) is 4.29. The molecule has 0 saturated carbocycles. The van der Waals surface area contributed by atoms with Crippen molar-refractivity contribution in [3.05, 3.63) is 59.4 Å². The second-order valence-corrected chi connectivity index (χ2v) is 6.93. The number of hydrogen-bond acceptors (Lipinski definition) is 3. The number of nitrogens with two attached hydrogens (primary N) is 1. The minimum absolute atomic E-state index is 0.0195. The van der Waals surface area contributed by atoms with Gasteiger partial charge < -0.3 is 5.73 Å². The molecule has 0 aliphatic carbocycles. The highest BCUT2D eigenvalue weighted by Crippen LogP contribution is 2.21. The normalized spacial score (nSPS) is 11.8. The molecule has 0 amide bonds. The van der Waals surface area contributed by atoms with Crippen molar-refractivity contribution in [1.29, 1.82) is 0 Å². The fourth-order valence-corrected chi connectivity index (χ4v) is 3.44. The summed E-state index contributed by atoms with van der Waals surface area (Å²) in [5.74, 6) is -0.573. The molecule has 0 aliphatic rings. The van der Waals surface area contributed by atoms with E-state index in [4.69, 9.17) is 5.73 Å². The first-order valence-electron chi connectivity index (χ1n) is 6.37. The van der Waals surface area contributed by atoms with Gasteiger partial charge in [0, 0.05) is 19.3 Å². The summed E-state index contributed by atoms with van der Waals surface area (Å²) < 4.78 is 39.6. The molecule has 4 nitrogen and oxygen atoms in total. The van der Waals surface area contributed by atoms with Crippen LogP contribution in [0.25, 0.3) is 0 Å². The van der Waals surface area contributed by atoms with E-state index in [0.29, 0.717) is 11.3 Å². The average molecular weight is 308 g/mol. The van der Waals surface area contributed by atoms with Crippen LogP contribution in [0.1, 0.15) is 11.1 Å². The Bertz CT molecular complexity index is 760. The van der Waals surface area contributed by atoms with E-state index in [0.717, 1.165) is 11.6 Å². The quantitative estimate of drug-likeness (QED) is 0.883. The molecule has 0 radical (unpaired) electrons. The Morgan fingerprint density at radius 1 is 1.19 bits per heavy atom. The molecule has 0 aliphatic heterocycles. The molecule has 0 saturated heterocycles. The molecule has 2 aromatic rings. The van der Waals surface area contributed by atoms with Crippen molar-refractivity contribution in [3.63, 3.8) is 0 Å². The SMILES string of the molecule is Cc1ccc(F)cc1S(=O)(=O)N(C)Cc1cccc(N)c1. The zero-order valence-corrected chi connectivity index (χ0v) is 12.7. The van der Waals surface area contributed by atoms with E-state index >= 15 is 0 Å². The number of benzene rings is 2. The number of sulfonamides is 1. The number of halogens is 1. The standard InChI is InChI=1S/C15H17FN2O2S/c1-11-6-7-13(16)9-15(11)21(19,20)18(2)10-12-4-3-5-14(17)8-12/h3-9H,10,17H2,1-2H3. The van der Waals surface area contributed by atoms with E-state index in [9.17, 15) is 12.8 Å². The number of nitrogens with zero attached hydrogens (tertiary/aromatic N) is 1. The monoisotopic (exact) mass is 308 g/mol. The van der Waals surface area contributed by atoms with Crippen molar-refractivity contribution in [1.82, 2.24) is 4.31 Å². The van der Waals surface area contributed by atoms with Crippen molar-refractivity contribution in [2.24, 2.45) is 0 Å². The topological polar surface area (TPSA) is 63.4 Å². The average Bonchev–Trinajstić information content (AvgIpc) is 2.41. The molecule has 0 atom stereocenters. The molecule has 2 N–H and O–H groups in total. The lowest BCUT2D eigenvalue weighted by Gasteiger charge is -2.19. The highest BCUT2D eigenvalue weighted by molar-refractivity contribution is 7.89. The summed E-state index contributed by atoms with van der Waals surface area (Å²) in [6.07, 6.45) is 0. The molecule has 2 rings (SSSR count). The van der Waals surface area contributed by atoms with Gasteiger partial charge >= 0.3 is 0 Å². The van der Waals surface area contributed by atoms with E-state index in [1.807, 2.05) is 0 Å². The van der Waals surface area contributed by atoms with Gasteiger partial charge in [-0.2, -0.15) is 4.31 Å². The Balaban J connectivity index is 2.33. The van der Waals surface area contributed by atoms with Crippen LogP contribution in [0.4, 0.5) is 10.1 Å². The third kappa shape index (κ3) is 3.40. The van der Waals surface area contributed by atoms with Gasteiger partial charge in [-0.05, 0) is 42.3 Å². The molecule has 112 valence electrons. The lowest BCUT2D eigenvalue weighted by atomic mass is 10.2. The molecular formula is C15H17FN2O2S. The van der Waals surface area contributed by atoms with Gasteiger partial charge in [-0.15, -0.1) is 0 Å². The van der Waals surface area contributed by atoms with Gasteiger partial charge in [0.25, 0.3) is 0 Å². The van der Waals surface area contributed by atoms with Crippen LogP contribution < -0.4 is 5.73 Å². The predicted octanol–water partition coefficient (Wildman–Crippen LogP) is 2.54. The molecule has 2 aromatic carbocycles. The van der Waals surface area contributed by atoms with Crippen LogP contribution in [0, 0.1) is 12.7 Å². The van der Waals surface area contributed by atoms with Gasteiger partial charge in [0.2, 0.25) is 10.0 Å². The van der Waals surface area contributed by atoms with E-state index in [1.54, 1.807) is 31.2 Å². The first kappa shape index (κ1) is 15.5. The Morgan fingerprint density at radius 3 is 2.57 bits per heavy atom. The summed E-state index contributed by atoms with van der Waals surface area (Å²) in [5.41, 5.74) is 7.53. The molecule has 0 unspecified atom stereocenters. The second kappa shape index (κ2) is 5.83. The molecule has 6 heteroatoms. The third-order valence-electron chi connectivity index (χ3n) is 3.19. The van der Waals surface area contributed by atoms with Crippen molar-refractivity contribution < 1.29 is 12.8 Å². The highest BCUT2D eigenvalue weighted by Gasteiger charge is 2.23. The summed E-state index contributed by atoms with van der Waals surface area (Å²) >= 11 is 0. The smallest absolute Gasteiger partial charge is 0.243 e. The Labute approximate surface area is 124 Å². The van der Waals surface area contributed by atoms with Gasteiger partial charge in [0.1, 0.15) is 5.82 Å². The van der Waals surface area contributed by atoms with Gasteiger partial charge in [-0.3, -0.25) is 0 Å². The zero-order valence-electron chi connectivity index (χ0n) is 11.9. The van der Waals surface area contributed by atoms with Crippen molar-refractivity contribution >= 4 is 15.7 Å². The summed E-state index contributed by atoms with van der Waals surface area (Å²) in [6.45, 7) is 1.81. The molecule has 21 heavy (non-hydrogen) atoms. The molecule has 0 bridgehead atoms. The lowest BCUT2D eigenvalue weighted by molar-refractivity contribution is 0.465. The summed E-state index contributed by atoms with van der Waals surface area (Å²) in [5, 5.41) is 0. The minimum atomic E-state index is -3.75. The molecule has 0 aromatic heterocycles. The zero-order chi connectivity index (χ0) is 15.6. The number of anilines is 1. The third-order valence-corrected chi connectivity index (χ3v) is 5.14. The largest absolute Gasteiger partial charge is 0.399 e. The first-order chi connectivity index (χ1) is 9.80. The summed E-state index contributed by atoms with van der Waals surface area (Å²) in [6, 6.07) is 10.7. The van der Waals surface area contributed by atoms with Crippen molar-refractivity contribution in [2.45, 2.75) is 18.4 Å². The Morgan fingerprint density at radius 2 is 1.90 bits per heavy atom. The highest BCUT2D eigenvalue weighted by atomic mass is 32.2. The number of aryl methyl sites for hydroxylation is 1. The van der Waals surface area contributed by atoms with E-state index in [-0.39, 0.29) is 11.4 Å². The maximum absolute atomic E-state index is 13.3. The van der Waals surface area contributed by atoms with E-state index in [1.165, 1.54) is 23.5 Å². The molecule has 0 spiro atoms. The van der Waals surface area contributed by atoms with Crippen LogP contribution >= 0.6 is 0 Å². The fourth-order valence-electron chi connectivity index (χ4n) is 2.05. The predicted molar refractivity (Wildman–Crippen MR) is 80.6 cm³/mol. The number of nitrogen functional groups attached to an aromatic ring is 1. The van der Waals surface area contributed by atoms with E-state index in [2.05, 4.69) is 0 Å². The lowest BCUT2D eigenvalue weighted by Crippen LogP contribution is -2.27. The summed E-state index contributed by atoms with van der Waals surface area (Å²) in [7, 11) is -2.29. The van der Waals surface area contributed by atoms with Crippen LogP contribution in [0.5, 0.6) is 0 Å². The van der Waals surface area contributed by atoms with Crippen LogP contribution in [-0.4, -0.2) is 19.8 Å². The van der Waals surface area contributed by atoms with Gasteiger partial charge in [0.05, 0.1) is 4.90 Å². The van der Waals surface area contributed by atoms with Crippen LogP contribution in [0.15, 0.2) is 47.4 Å². The first-order valence-corrected chi connectivity index (χ1v) is 7.81. The van der Waals surface area contributed by atoms with Crippen molar-refractivity contribution in [3.8, 4) is 0 Å². The second-order valence-electron chi connectivity index (χ2n) is 4.92. The van der Waals surface area contributed by atoms with Gasteiger partial charge in [-0.1, -0.05) is 18.2 Å². The number of hydrogen-bond donors (Lipinski definition) is 1. The maximum atomic E-state index is 13.3. The van der Waals surface area contributed by atoms with Gasteiger partial charge in [-0.25, -0.2) is 12.8 Å². The van der Waals surface area contributed by atoms with Gasteiger partial charge in [0.15, 0.2) is 0 Å². The minimum Gasteiger partial charge on any atom is -0.399 e. The fraction of sp³-hybridized carbons (Fsp3) is 0.200. The summed E-state index contributed by atoms with van der Waals surface area (Å²) in [4.78, 5) is -0.0195. The maximum Gasteiger partial charge on any atom is 0.243 e.